The maximum absolute atomic E-state index is 10.1. The number of quaternary nitrogens is 1. The lowest BCUT2D eigenvalue weighted by Gasteiger charge is -2.34. The first kappa shape index (κ1) is 19.2. The lowest BCUT2D eigenvalue weighted by molar-refractivity contribution is -0.914. The molecule has 1 aliphatic rings. The van der Waals surface area contributed by atoms with Crippen molar-refractivity contribution >= 4 is 5.69 Å². The average molecular weight is 373 g/mol. The van der Waals surface area contributed by atoms with Crippen molar-refractivity contribution in [1.29, 1.82) is 0 Å². The van der Waals surface area contributed by atoms with Crippen molar-refractivity contribution in [2.75, 3.05) is 51.9 Å². The van der Waals surface area contributed by atoms with Gasteiger partial charge in [0.15, 0.2) is 11.5 Å². The topological polar surface area (TPSA) is 55.6 Å². The van der Waals surface area contributed by atoms with Crippen molar-refractivity contribution in [3.63, 3.8) is 0 Å². The monoisotopic (exact) mass is 373 g/mol. The Morgan fingerprint density at radius 3 is 2.22 bits per heavy atom. The molecule has 2 aromatic rings. The molecule has 6 nitrogen and oxygen atoms in total. The van der Waals surface area contributed by atoms with Gasteiger partial charge in [-0.2, -0.15) is 0 Å². The van der Waals surface area contributed by atoms with Gasteiger partial charge >= 0.3 is 0 Å². The first-order chi connectivity index (χ1) is 13.2. The number of piperazine rings is 1. The normalized spacial score (nSPS) is 14.9. The van der Waals surface area contributed by atoms with Crippen LogP contribution >= 0.6 is 0 Å². The van der Waals surface area contributed by atoms with E-state index in [4.69, 9.17) is 14.2 Å². The van der Waals surface area contributed by atoms with Gasteiger partial charge in [0.2, 0.25) is 5.75 Å². The molecule has 0 saturated carbocycles. The summed E-state index contributed by atoms with van der Waals surface area (Å²) >= 11 is 0. The first-order valence-electron chi connectivity index (χ1n) is 9.40. The van der Waals surface area contributed by atoms with E-state index in [1.165, 1.54) is 10.6 Å². The van der Waals surface area contributed by atoms with Crippen LogP contribution in [0.1, 0.15) is 12.5 Å². The zero-order valence-corrected chi connectivity index (χ0v) is 16.3. The number of hydrogen-bond acceptors (Lipinski definition) is 5. The minimum absolute atomic E-state index is 0.0519. The van der Waals surface area contributed by atoms with E-state index in [2.05, 4.69) is 17.0 Å². The molecule has 0 spiro atoms. The highest BCUT2D eigenvalue weighted by Gasteiger charge is 2.23. The molecule has 0 atom stereocenters. The van der Waals surface area contributed by atoms with Gasteiger partial charge in [-0.15, -0.1) is 0 Å². The SMILES string of the molecule is CCOc1ccccc1N1CC[NH+](Cc2cc(OC)c(O)c(OC)c2)CC1. The van der Waals surface area contributed by atoms with Crippen LogP contribution in [0.25, 0.3) is 0 Å². The number of benzene rings is 2. The van der Waals surface area contributed by atoms with Gasteiger partial charge < -0.3 is 29.1 Å². The van der Waals surface area contributed by atoms with E-state index in [0.717, 1.165) is 44.0 Å². The molecule has 0 aliphatic carbocycles. The zero-order valence-electron chi connectivity index (χ0n) is 16.3. The summed E-state index contributed by atoms with van der Waals surface area (Å²) in [4.78, 5) is 3.89. The number of ether oxygens (including phenoxy) is 3. The van der Waals surface area contributed by atoms with Crippen LogP contribution in [0, 0.1) is 0 Å². The Morgan fingerprint density at radius 1 is 1.00 bits per heavy atom. The maximum Gasteiger partial charge on any atom is 0.200 e. The Bertz CT molecular complexity index is 733. The molecule has 0 bridgehead atoms. The van der Waals surface area contributed by atoms with E-state index < -0.39 is 0 Å². The molecule has 6 heteroatoms. The third-order valence-electron chi connectivity index (χ3n) is 4.97. The lowest BCUT2D eigenvalue weighted by Crippen LogP contribution is -3.13. The molecule has 27 heavy (non-hydrogen) atoms. The largest absolute Gasteiger partial charge is 0.502 e. The van der Waals surface area contributed by atoms with Crippen LogP contribution in [0.4, 0.5) is 5.69 Å². The molecular formula is C21H29N2O4+. The van der Waals surface area contributed by atoms with Crippen LogP contribution in [0.2, 0.25) is 0 Å². The van der Waals surface area contributed by atoms with Crippen molar-refractivity contribution < 1.29 is 24.2 Å². The van der Waals surface area contributed by atoms with Gasteiger partial charge in [0.1, 0.15) is 12.3 Å². The molecule has 0 amide bonds. The van der Waals surface area contributed by atoms with Crippen molar-refractivity contribution in [2.24, 2.45) is 0 Å². The summed E-state index contributed by atoms with van der Waals surface area (Å²) in [6.45, 7) is 7.58. The molecule has 0 aromatic heterocycles. The molecule has 3 rings (SSSR count). The lowest BCUT2D eigenvalue weighted by atomic mass is 10.1. The van der Waals surface area contributed by atoms with Gasteiger partial charge in [0, 0.05) is 5.56 Å². The van der Waals surface area contributed by atoms with Crippen LogP contribution < -0.4 is 24.0 Å². The molecule has 2 aromatic carbocycles. The molecule has 1 saturated heterocycles. The Balaban J connectivity index is 1.65. The predicted octanol–water partition coefficient (Wildman–Crippen LogP) is 1.71. The van der Waals surface area contributed by atoms with Crippen LogP contribution in [0.5, 0.6) is 23.0 Å². The number of phenols is 1. The number of anilines is 1. The number of aromatic hydroxyl groups is 1. The van der Waals surface area contributed by atoms with Gasteiger partial charge in [-0.05, 0) is 31.2 Å². The van der Waals surface area contributed by atoms with E-state index in [0.29, 0.717) is 18.1 Å². The Labute approximate surface area is 160 Å². The van der Waals surface area contributed by atoms with Gasteiger partial charge in [-0.3, -0.25) is 0 Å². The standard InChI is InChI=1S/C21H28N2O4/c1-4-27-18-8-6-5-7-17(18)23-11-9-22(10-12-23)15-16-13-19(25-2)21(24)20(14-16)26-3/h5-8,13-14,24H,4,9-12,15H2,1-3H3/p+1. The van der Waals surface area contributed by atoms with Crippen molar-refractivity contribution in [2.45, 2.75) is 13.5 Å². The molecule has 2 N–H and O–H groups in total. The summed E-state index contributed by atoms with van der Waals surface area (Å²) < 4.78 is 16.3. The average Bonchev–Trinajstić information content (AvgIpc) is 2.70. The Morgan fingerprint density at radius 2 is 1.63 bits per heavy atom. The molecule has 146 valence electrons. The smallest absolute Gasteiger partial charge is 0.200 e. The highest BCUT2D eigenvalue weighted by molar-refractivity contribution is 5.58. The third kappa shape index (κ3) is 4.39. The fourth-order valence-electron chi connectivity index (χ4n) is 3.58. The first-order valence-corrected chi connectivity index (χ1v) is 9.40. The number of rotatable bonds is 7. The van der Waals surface area contributed by atoms with E-state index >= 15 is 0 Å². The number of methoxy groups -OCH3 is 2. The van der Waals surface area contributed by atoms with E-state index in [9.17, 15) is 5.11 Å². The predicted molar refractivity (Wildman–Crippen MR) is 105 cm³/mol. The molecule has 0 radical (unpaired) electrons. The molecule has 1 fully saturated rings. The Hall–Kier alpha value is -2.60. The third-order valence-corrected chi connectivity index (χ3v) is 4.97. The minimum Gasteiger partial charge on any atom is -0.502 e. The van der Waals surface area contributed by atoms with E-state index in [-0.39, 0.29) is 5.75 Å². The van der Waals surface area contributed by atoms with Gasteiger partial charge in [-0.1, -0.05) is 12.1 Å². The van der Waals surface area contributed by atoms with Gasteiger partial charge in [-0.25, -0.2) is 0 Å². The van der Waals surface area contributed by atoms with Crippen LogP contribution in [0.3, 0.4) is 0 Å². The number of nitrogens with one attached hydrogen (secondary N) is 1. The quantitative estimate of drug-likeness (QED) is 0.774. The highest BCUT2D eigenvalue weighted by Crippen LogP contribution is 2.36. The second-order valence-corrected chi connectivity index (χ2v) is 6.66. The van der Waals surface area contributed by atoms with Crippen molar-refractivity contribution in [3.8, 4) is 23.0 Å². The number of nitrogens with zero attached hydrogens (tertiary/aromatic N) is 1. The minimum atomic E-state index is 0.0519. The summed E-state index contributed by atoms with van der Waals surface area (Å²) in [5.74, 6) is 1.91. The summed E-state index contributed by atoms with van der Waals surface area (Å²) in [5, 5.41) is 10.1. The molecule has 1 heterocycles. The van der Waals surface area contributed by atoms with Crippen LogP contribution in [-0.2, 0) is 6.54 Å². The number of hydrogen-bond donors (Lipinski definition) is 2. The molecular weight excluding hydrogens is 344 g/mol. The van der Waals surface area contributed by atoms with Crippen LogP contribution in [0.15, 0.2) is 36.4 Å². The Kier molecular flexibility index (Phi) is 6.29. The van der Waals surface area contributed by atoms with E-state index in [1.807, 2.05) is 31.2 Å². The van der Waals surface area contributed by atoms with Crippen molar-refractivity contribution in [3.05, 3.63) is 42.0 Å². The molecule has 0 unspecified atom stereocenters. The van der Waals surface area contributed by atoms with Gasteiger partial charge in [0.25, 0.3) is 0 Å². The van der Waals surface area contributed by atoms with Gasteiger partial charge in [0.05, 0.1) is 52.7 Å². The fraction of sp³-hybridized carbons (Fsp3) is 0.429. The molecule has 1 aliphatic heterocycles. The summed E-state index contributed by atoms with van der Waals surface area (Å²) in [5.41, 5.74) is 2.27. The van der Waals surface area contributed by atoms with Crippen molar-refractivity contribution in [1.82, 2.24) is 0 Å². The fourth-order valence-corrected chi connectivity index (χ4v) is 3.58. The summed E-state index contributed by atoms with van der Waals surface area (Å²) in [6, 6.07) is 12.0. The maximum atomic E-state index is 10.1. The number of para-hydroxylation sites is 2. The zero-order chi connectivity index (χ0) is 19.2. The summed E-state index contributed by atoms with van der Waals surface area (Å²) in [6.07, 6.45) is 0. The van der Waals surface area contributed by atoms with Crippen LogP contribution in [-0.4, -0.2) is 52.1 Å². The highest BCUT2D eigenvalue weighted by atomic mass is 16.5. The summed E-state index contributed by atoms with van der Waals surface area (Å²) in [7, 11) is 3.11. The number of phenolic OH excluding ortho intramolecular Hbond substituents is 1. The second kappa shape index (κ2) is 8.86. The second-order valence-electron chi connectivity index (χ2n) is 6.66. The van der Waals surface area contributed by atoms with E-state index in [1.54, 1.807) is 14.2 Å².